The van der Waals surface area contributed by atoms with Crippen molar-refractivity contribution in [2.75, 3.05) is 5.32 Å². The fourth-order valence-electron chi connectivity index (χ4n) is 2.32. The SMILES string of the molecule is O=C(Nc1ccc(OC(F)(F)F)cc1)N(Cc1ccco1)Cc1ccco1. The van der Waals surface area contributed by atoms with Crippen LogP contribution < -0.4 is 10.1 Å². The van der Waals surface area contributed by atoms with Crippen molar-refractivity contribution in [2.45, 2.75) is 19.5 Å². The monoisotopic (exact) mass is 380 g/mol. The Labute approximate surface area is 152 Å². The van der Waals surface area contributed by atoms with Gasteiger partial charge in [0.25, 0.3) is 0 Å². The molecule has 0 atom stereocenters. The number of furan rings is 2. The highest BCUT2D eigenvalue weighted by atomic mass is 19.4. The number of urea groups is 1. The third-order valence-corrected chi connectivity index (χ3v) is 3.48. The summed E-state index contributed by atoms with van der Waals surface area (Å²) in [4.78, 5) is 14.0. The summed E-state index contributed by atoms with van der Waals surface area (Å²) in [7, 11) is 0. The summed E-state index contributed by atoms with van der Waals surface area (Å²) in [6, 6.07) is 11.3. The van der Waals surface area contributed by atoms with E-state index in [2.05, 4.69) is 10.1 Å². The minimum atomic E-state index is -4.77. The lowest BCUT2D eigenvalue weighted by atomic mass is 10.3. The van der Waals surface area contributed by atoms with Gasteiger partial charge in [0, 0.05) is 5.69 Å². The molecule has 2 aromatic heterocycles. The number of rotatable bonds is 6. The molecule has 0 saturated carbocycles. The second-order valence-electron chi connectivity index (χ2n) is 5.52. The molecule has 9 heteroatoms. The number of ether oxygens (including phenoxy) is 1. The van der Waals surface area contributed by atoms with Gasteiger partial charge in [-0.15, -0.1) is 13.2 Å². The van der Waals surface area contributed by atoms with E-state index in [1.54, 1.807) is 24.3 Å². The summed E-state index contributed by atoms with van der Waals surface area (Å²) in [5.74, 6) is 0.778. The van der Waals surface area contributed by atoms with Crippen LogP contribution in [0.15, 0.2) is 69.9 Å². The molecule has 0 bridgehead atoms. The maximum atomic E-state index is 12.6. The van der Waals surface area contributed by atoms with Crippen LogP contribution in [0.2, 0.25) is 0 Å². The number of nitrogens with zero attached hydrogens (tertiary/aromatic N) is 1. The summed E-state index contributed by atoms with van der Waals surface area (Å²) < 4.78 is 50.9. The van der Waals surface area contributed by atoms with Crippen LogP contribution in [0.25, 0.3) is 0 Å². The molecule has 0 aliphatic heterocycles. The molecule has 3 aromatic rings. The average molecular weight is 380 g/mol. The van der Waals surface area contributed by atoms with E-state index in [-0.39, 0.29) is 18.8 Å². The fourth-order valence-corrected chi connectivity index (χ4v) is 2.32. The first-order chi connectivity index (χ1) is 12.9. The molecule has 0 saturated heterocycles. The van der Waals surface area contributed by atoms with Crippen LogP contribution in [-0.4, -0.2) is 17.3 Å². The van der Waals surface area contributed by atoms with Crippen molar-refractivity contribution in [1.82, 2.24) is 4.90 Å². The van der Waals surface area contributed by atoms with Gasteiger partial charge in [0.2, 0.25) is 0 Å². The van der Waals surface area contributed by atoms with Gasteiger partial charge in [0.05, 0.1) is 25.6 Å². The van der Waals surface area contributed by atoms with Crippen molar-refractivity contribution in [3.05, 3.63) is 72.6 Å². The van der Waals surface area contributed by atoms with E-state index in [0.717, 1.165) is 12.1 Å². The molecular formula is C18H15F3N2O4. The van der Waals surface area contributed by atoms with Gasteiger partial charge >= 0.3 is 12.4 Å². The van der Waals surface area contributed by atoms with Crippen molar-refractivity contribution < 1.29 is 31.5 Å². The Balaban J connectivity index is 1.68. The van der Waals surface area contributed by atoms with E-state index < -0.39 is 12.4 Å². The fraction of sp³-hybridized carbons (Fsp3) is 0.167. The van der Waals surface area contributed by atoms with Crippen molar-refractivity contribution in [2.24, 2.45) is 0 Å². The number of benzene rings is 1. The first kappa shape index (κ1) is 18.4. The third kappa shape index (κ3) is 5.56. The lowest BCUT2D eigenvalue weighted by Gasteiger charge is -2.21. The van der Waals surface area contributed by atoms with Crippen LogP contribution in [0.3, 0.4) is 0 Å². The largest absolute Gasteiger partial charge is 0.573 e. The highest BCUT2D eigenvalue weighted by Gasteiger charge is 2.31. The molecule has 1 aromatic carbocycles. The Bertz CT molecular complexity index is 808. The number of nitrogens with one attached hydrogen (secondary N) is 1. The Kier molecular flexibility index (Phi) is 5.39. The molecule has 3 rings (SSSR count). The first-order valence-corrected chi connectivity index (χ1v) is 7.85. The van der Waals surface area contributed by atoms with Crippen molar-refractivity contribution in [1.29, 1.82) is 0 Å². The Morgan fingerprint density at radius 1 is 0.963 bits per heavy atom. The molecule has 0 unspecified atom stereocenters. The normalized spacial score (nSPS) is 11.2. The topological polar surface area (TPSA) is 67.8 Å². The number of halogens is 3. The number of amides is 2. The van der Waals surface area contributed by atoms with Crippen molar-refractivity contribution in [3.8, 4) is 5.75 Å². The molecule has 0 aliphatic carbocycles. The summed E-state index contributed by atoms with van der Waals surface area (Å²) in [5, 5.41) is 2.62. The standard InChI is InChI=1S/C18H15F3N2O4/c19-18(20,21)27-14-7-5-13(6-8-14)22-17(24)23(11-15-3-1-9-25-15)12-16-4-2-10-26-16/h1-10H,11-12H2,(H,22,24). The summed E-state index contributed by atoms with van der Waals surface area (Å²) in [6.07, 6.45) is -1.77. The summed E-state index contributed by atoms with van der Waals surface area (Å²) in [6.45, 7) is 0.379. The Morgan fingerprint density at radius 3 is 1.96 bits per heavy atom. The number of carbonyl (C=O) groups excluding carboxylic acids is 1. The third-order valence-electron chi connectivity index (χ3n) is 3.48. The van der Waals surface area contributed by atoms with Gasteiger partial charge in [0.15, 0.2) is 0 Å². The maximum Gasteiger partial charge on any atom is 0.573 e. The van der Waals surface area contributed by atoms with Crippen LogP contribution in [-0.2, 0) is 13.1 Å². The Morgan fingerprint density at radius 2 is 1.52 bits per heavy atom. The molecule has 2 amide bonds. The Hall–Kier alpha value is -3.36. The second kappa shape index (κ2) is 7.90. The van der Waals surface area contributed by atoms with Crippen molar-refractivity contribution in [3.63, 3.8) is 0 Å². The van der Waals surface area contributed by atoms with Gasteiger partial charge < -0.3 is 23.8 Å². The first-order valence-electron chi connectivity index (χ1n) is 7.85. The zero-order valence-corrected chi connectivity index (χ0v) is 13.9. The molecule has 1 N–H and O–H groups in total. The van der Waals surface area contributed by atoms with Gasteiger partial charge in [-0.1, -0.05) is 0 Å². The number of alkyl halides is 3. The minimum Gasteiger partial charge on any atom is -0.467 e. The highest BCUT2D eigenvalue weighted by molar-refractivity contribution is 5.89. The molecule has 0 aliphatic rings. The number of hydrogen-bond acceptors (Lipinski definition) is 4. The molecule has 0 fully saturated rings. The van der Waals surface area contributed by atoms with Gasteiger partial charge in [-0.3, -0.25) is 0 Å². The van der Waals surface area contributed by atoms with Gasteiger partial charge in [-0.2, -0.15) is 0 Å². The predicted molar refractivity (Wildman–Crippen MR) is 88.8 cm³/mol. The lowest BCUT2D eigenvalue weighted by Crippen LogP contribution is -2.33. The molecular weight excluding hydrogens is 365 g/mol. The molecule has 0 radical (unpaired) electrons. The number of carbonyl (C=O) groups is 1. The highest BCUT2D eigenvalue weighted by Crippen LogP contribution is 2.24. The van der Waals surface area contributed by atoms with Crippen LogP contribution >= 0.6 is 0 Å². The van der Waals surface area contributed by atoms with Gasteiger partial charge in [0.1, 0.15) is 17.3 Å². The number of anilines is 1. The second-order valence-corrected chi connectivity index (χ2v) is 5.52. The van der Waals surface area contributed by atoms with Crippen molar-refractivity contribution >= 4 is 11.7 Å². The van der Waals surface area contributed by atoms with Gasteiger partial charge in [-0.05, 0) is 48.5 Å². The van der Waals surface area contributed by atoms with E-state index in [0.29, 0.717) is 17.2 Å². The van der Waals surface area contributed by atoms with E-state index in [4.69, 9.17) is 8.83 Å². The maximum absolute atomic E-state index is 12.6. The zero-order chi connectivity index (χ0) is 19.3. The zero-order valence-electron chi connectivity index (χ0n) is 13.9. The van der Waals surface area contributed by atoms with Crippen LogP contribution in [0.1, 0.15) is 11.5 Å². The van der Waals surface area contributed by atoms with E-state index in [1.807, 2.05) is 0 Å². The minimum absolute atomic E-state index is 0.189. The quantitative estimate of drug-likeness (QED) is 0.653. The lowest BCUT2D eigenvalue weighted by molar-refractivity contribution is -0.274. The molecule has 2 heterocycles. The smallest absolute Gasteiger partial charge is 0.467 e. The van der Waals surface area contributed by atoms with Crippen LogP contribution in [0.4, 0.5) is 23.7 Å². The molecule has 27 heavy (non-hydrogen) atoms. The average Bonchev–Trinajstić information content (AvgIpc) is 3.28. The summed E-state index contributed by atoms with van der Waals surface area (Å²) in [5.41, 5.74) is 0.318. The van der Waals surface area contributed by atoms with E-state index in [9.17, 15) is 18.0 Å². The molecule has 6 nitrogen and oxygen atoms in total. The van der Waals surface area contributed by atoms with E-state index in [1.165, 1.54) is 29.6 Å². The van der Waals surface area contributed by atoms with Gasteiger partial charge in [-0.25, -0.2) is 4.79 Å². The number of hydrogen-bond donors (Lipinski definition) is 1. The van der Waals surface area contributed by atoms with Crippen LogP contribution in [0, 0.1) is 0 Å². The molecule has 0 spiro atoms. The summed E-state index contributed by atoms with van der Waals surface area (Å²) >= 11 is 0. The van der Waals surface area contributed by atoms with Crippen LogP contribution in [0.5, 0.6) is 5.75 Å². The predicted octanol–water partition coefficient (Wildman–Crippen LogP) is 5.01. The van der Waals surface area contributed by atoms with E-state index >= 15 is 0 Å². The molecule has 142 valence electrons.